The van der Waals surface area contributed by atoms with Crippen LogP contribution >= 0.6 is 0 Å². The summed E-state index contributed by atoms with van der Waals surface area (Å²) in [7, 11) is 2.92. The van der Waals surface area contributed by atoms with Crippen LogP contribution in [0.15, 0.2) is 71.8 Å². The highest BCUT2D eigenvalue weighted by molar-refractivity contribution is 6.05. The molecule has 1 N–H and O–H groups in total. The van der Waals surface area contributed by atoms with Crippen LogP contribution in [0.25, 0.3) is 22.2 Å². The molecule has 0 fully saturated rings. The topological polar surface area (TPSA) is 114 Å². The molecule has 3 aromatic heterocycles. The molecule has 4 heterocycles. The summed E-state index contributed by atoms with van der Waals surface area (Å²) in [5.74, 6) is -1.28. The lowest BCUT2D eigenvalue weighted by atomic mass is 10.0. The van der Waals surface area contributed by atoms with Gasteiger partial charge >= 0.3 is 0 Å². The van der Waals surface area contributed by atoms with Gasteiger partial charge in [-0.2, -0.15) is 0 Å². The Balaban J connectivity index is 1.30. The normalized spacial score (nSPS) is 12.5. The Morgan fingerprint density at radius 2 is 1.81 bits per heavy atom. The predicted molar refractivity (Wildman–Crippen MR) is 153 cm³/mol. The van der Waals surface area contributed by atoms with E-state index in [1.54, 1.807) is 16.8 Å². The number of hydrogen-bond acceptors (Lipinski definition) is 8. The number of hydrogen-bond donors (Lipinski definition) is 1. The number of carbonyl (C=O) groups is 1. The first kappa shape index (κ1) is 27.8. The van der Waals surface area contributed by atoms with Crippen LogP contribution in [0.4, 0.5) is 14.5 Å². The smallest absolute Gasteiger partial charge is 0.261 e. The average Bonchev–Trinajstić information content (AvgIpc) is 3.02. The number of carbonyl (C=O) groups excluding carboxylic acids is 1. The molecule has 0 radical (unpaired) electrons. The standard InChI is InChI=1S/C31H24F2N4O6/c1-40-26-14-22-28(36-31(26)41-2)25(9-10-34-22)43-24-8-7-19(13-21(24)33)35-30(39)27-23-16-42-12-11-37(23)15-20(29(27)38)17-3-5-18(32)6-4-17/h3-10,13-15H,11-12,16H2,1-2H3,(H,35,39). The largest absolute Gasteiger partial charge is 0.491 e. The van der Waals surface area contributed by atoms with Crippen molar-refractivity contribution >= 4 is 22.6 Å². The number of pyridine rings is 3. The van der Waals surface area contributed by atoms with E-state index in [4.69, 9.17) is 18.9 Å². The first-order valence-electron chi connectivity index (χ1n) is 13.1. The molecule has 2 aromatic carbocycles. The summed E-state index contributed by atoms with van der Waals surface area (Å²) in [5, 5.41) is 2.61. The number of nitrogens with one attached hydrogen (secondary N) is 1. The van der Waals surface area contributed by atoms with Crippen LogP contribution in [0, 0.1) is 11.6 Å². The van der Waals surface area contributed by atoms with Crippen molar-refractivity contribution in [3.05, 3.63) is 100 Å². The van der Waals surface area contributed by atoms with Crippen molar-refractivity contribution in [3.8, 4) is 34.3 Å². The Labute approximate surface area is 243 Å². The fourth-order valence-electron chi connectivity index (χ4n) is 4.82. The Hall–Kier alpha value is -5.36. The highest BCUT2D eigenvalue weighted by Gasteiger charge is 2.25. The molecule has 1 amide bonds. The van der Waals surface area contributed by atoms with E-state index in [1.165, 1.54) is 62.9 Å². The Morgan fingerprint density at radius 3 is 2.56 bits per heavy atom. The lowest BCUT2D eigenvalue weighted by Gasteiger charge is -2.23. The molecular formula is C31H24F2N4O6. The molecule has 0 spiro atoms. The van der Waals surface area contributed by atoms with Crippen molar-refractivity contribution < 1.29 is 32.5 Å². The summed E-state index contributed by atoms with van der Waals surface area (Å²) < 4.78 is 52.4. The fraction of sp³-hybridized carbons (Fsp3) is 0.161. The van der Waals surface area contributed by atoms with Gasteiger partial charge in [-0.1, -0.05) is 12.1 Å². The molecule has 6 rings (SSSR count). The maximum atomic E-state index is 15.3. The maximum absolute atomic E-state index is 15.3. The number of halogens is 2. The highest BCUT2D eigenvalue weighted by atomic mass is 19.1. The van der Waals surface area contributed by atoms with Crippen LogP contribution in [-0.4, -0.2) is 41.3 Å². The molecule has 0 bridgehead atoms. The summed E-state index contributed by atoms with van der Waals surface area (Å²) in [6, 6.07) is 12.5. The minimum Gasteiger partial charge on any atom is -0.491 e. The van der Waals surface area contributed by atoms with Gasteiger partial charge in [0.15, 0.2) is 23.1 Å². The van der Waals surface area contributed by atoms with Crippen LogP contribution in [0.3, 0.4) is 0 Å². The number of benzene rings is 2. The van der Waals surface area contributed by atoms with Crippen LogP contribution in [0.2, 0.25) is 0 Å². The van der Waals surface area contributed by atoms with Crippen LogP contribution in [0.1, 0.15) is 16.1 Å². The molecule has 1 aliphatic rings. The minimum atomic E-state index is -0.773. The van der Waals surface area contributed by atoms with Crippen LogP contribution < -0.4 is 25.0 Å². The third-order valence-electron chi connectivity index (χ3n) is 6.92. The van der Waals surface area contributed by atoms with E-state index in [0.29, 0.717) is 41.2 Å². The van der Waals surface area contributed by atoms with Crippen molar-refractivity contribution in [3.63, 3.8) is 0 Å². The van der Waals surface area contributed by atoms with Gasteiger partial charge in [-0.3, -0.25) is 14.6 Å². The average molecular weight is 587 g/mol. The summed E-state index contributed by atoms with van der Waals surface area (Å²) in [6.07, 6.45) is 3.13. The van der Waals surface area contributed by atoms with E-state index in [1.807, 2.05) is 0 Å². The predicted octanol–water partition coefficient (Wildman–Crippen LogP) is 5.33. The summed E-state index contributed by atoms with van der Waals surface area (Å²) in [5.41, 5.74) is 1.27. The zero-order valence-electron chi connectivity index (χ0n) is 23.0. The lowest BCUT2D eigenvalue weighted by Crippen LogP contribution is -2.31. The number of anilines is 1. The van der Waals surface area contributed by atoms with Gasteiger partial charge in [0.25, 0.3) is 11.8 Å². The number of rotatable bonds is 7. The Morgan fingerprint density at radius 1 is 1.00 bits per heavy atom. The Kier molecular flexibility index (Phi) is 7.43. The molecule has 43 heavy (non-hydrogen) atoms. The molecule has 0 saturated carbocycles. The van der Waals surface area contributed by atoms with Crippen molar-refractivity contribution in [2.24, 2.45) is 0 Å². The number of aromatic nitrogens is 3. The number of fused-ring (bicyclic) bond motifs is 2. The molecule has 10 nitrogen and oxygen atoms in total. The second-order valence-corrected chi connectivity index (χ2v) is 9.52. The zero-order chi connectivity index (χ0) is 30.1. The molecule has 0 atom stereocenters. The van der Waals surface area contributed by atoms with E-state index >= 15 is 4.39 Å². The minimum absolute atomic E-state index is 0.0490. The summed E-state index contributed by atoms with van der Waals surface area (Å²) >= 11 is 0. The second-order valence-electron chi connectivity index (χ2n) is 9.52. The van der Waals surface area contributed by atoms with Crippen molar-refractivity contribution in [1.82, 2.24) is 14.5 Å². The fourth-order valence-corrected chi connectivity index (χ4v) is 4.82. The molecule has 218 valence electrons. The third kappa shape index (κ3) is 5.35. The van der Waals surface area contributed by atoms with Crippen molar-refractivity contribution in [1.29, 1.82) is 0 Å². The van der Waals surface area contributed by atoms with Gasteiger partial charge in [-0.05, 0) is 29.8 Å². The van der Waals surface area contributed by atoms with Gasteiger partial charge in [-0.25, -0.2) is 13.8 Å². The van der Waals surface area contributed by atoms with Gasteiger partial charge in [0.1, 0.15) is 16.9 Å². The van der Waals surface area contributed by atoms with E-state index in [-0.39, 0.29) is 40.8 Å². The van der Waals surface area contributed by atoms with Gasteiger partial charge in [0.05, 0.1) is 38.6 Å². The summed E-state index contributed by atoms with van der Waals surface area (Å²) in [4.78, 5) is 35.6. The number of nitrogens with zero attached hydrogens (tertiary/aromatic N) is 3. The summed E-state index contributed by atoms with van der Waals surface area (Å²) in [6.45, 7) is 0.866. The molecule has 1 aliphatic heterocycles. The number of ether oxygens (including phenoxy) is 4. The third-order valence-corrected chi connectivity index (χ3v) is 6.92. The second kappa shape index (κ2) is 11.5. The van der Waals surface area contributed by atoms with Crippen molar-refractivity contribution in [2.45, 2.75) is 13.2 Å². The lowest BCUT2D eigenvalue weighted by molar-refractivity contribution is 0.0809. The zero-order valence-corrected chi connectivity index (χ0v) is 23.0. The molecule has 0 saturated heterocycles. The first-order chi connectivity index (χ1) is 20.9. The van der Waals surface area contributed by atoms with Crippen molar-refractivity contribution in [2.75, 3.05) is 26.1 Å². The van der Waals surface area contributed by atoms with Gasteiger partial charge in [0.2, 0.25) is 5.43 Å². The van der Waals surface area contributed by atoms with E-state index < -0.39 is 23.0 Å². The maximum Gasteiger partial charge on any atom is 0.261 e. The number of methoxy groups -OCH3 is 2. The van der Waals surface area contributed by atoms with Gasteiger partial charge in [0, 0.05) is 48.4 Å². The quantitative estimate of drug-likeness (QED) is 0.272. The van der Waals surface area contributed by atoms with E-state index in [9.17, 15) is 14.0 Å². The molecule has 12 heteroatoms. The molecular weight excluding hydrogens is 562 g/mol. The van der Waals surface area contributed by atoms with Gasteiger partial charge < -0.3 is 28.8 Å². The SMILES string of the molecule is COc1cc2nccc(Oc3ccc(NC(=O)c4c5n(cc(-c6ccc(F)cc6)c4=O)CCOC5)cc3F)c2nc1OC. The monoisotopic (exact) mass is 586 g/mol. The van der Waals surface area contributed by atoms with Crippen LogP contribution in [0.5, 0.6) is 23.1 Å². The molecule has 0 unspecified atom stereocenters. The van der Waals surface area contributed by atoms with Gasteiger partial charge in [-0.15, -0.1) is 0 Å². The van der Waals surface area contributed by atoms with E-state index in [2.05, 4.69) is 15.3 Å². The van der Waals surface area contributed by atoms with Crippen LogP contribution in [-0.2, 0) is 17.9 Å². The van der Waals surface area contributed by atoms with E-state index in [0.717, 1.165) is 6.07 Å². The Bertz CT molecular complexity index is 1930. The molecule has 0 aliphatic carbocycles. The molecule has 5 aromatic rings. The first-order valence-corrected chi connectivity index (χ1v) is 13.1. The number of amides is 1. The highest BCUT2D eigenvalue weighted by Crippen LogP contribution is 2.35.